The maximum absolute atomic E-state index is 13.9. The van der Waals surface area contributed by atoms with Gasteiger partial charge in [0.2, 0.25) is 0 Å². The Morgan fingerprint density at radius 2 is 2.05 bits per heavy atom. The van der Waals surface area contributed by atoms with Crippen molar-refractivity contribution in [1.82, 2.24) is 14.8 Å². The van der Waals surface area contributed by atoms with Crippen LogP contribution in [0.1, 0.15) is 12.5 Å². The maximum Gasteiger partial charge on any atom is 0.273 e. The summed E-state index contributed by atoms with van der Waals surface area (Å²) in [6.45, 7) is 3.72. The molecule has 0 amide bonds. The third kappa shape index (κ3) is 2.49. The summed E-state index contributed by atoms with van der Waals surface area (Å²) in [6.07, 6.45) is 0. The first-order chi connectivity index (χ1) is 8.84. The quantitative estimate of drug-likeness (QED) is 0.912. The average Bonchev–Trinajstić information content (AvgIpc) is 2.72. The van der Waals surface area contributed by atoms with E-state index in [2.05, 4.69) is 10.2 Å². The molecule has 6 nitrogen and oxygen atoms in total. The van der Waals surface area contributed by atoms with Gasteiger partial charge in [0, 0.05) is 6.54 Å². The van der Waals surface area contributed by atoms with Crippen molar-refractivity contribution in [2.75, 3.05) is 0 Å². The molecule has 0 aliphatic carbocycles. The Morgan fingerprint density at radius 1 is 1.37 bits per heavy atom. The van der Waals surface area contributed by atoms with Crippen molar-refractivity contribution >= 4 is 10.0 Å². The second-order valence-electron chi connectivity index (χ2n) is 4.08. The molecule has 0 bridgehead atoms. The number of hydrogen-bond acceptors (Lipinski definition) is 4. The molecule has 0 radical (unpaired) electrons. The normalized spacial score (nSPS) is 11.8. The zero-order valence-electron chi connectivity index (χ0n) is 10.5. The number of sulfonamides is 1. The Labute approximate surface area is 110 Å². The number of nitrogens with two attached hydrogens (primary N) is 1. The van der Waals surface area contributed by atoms with E-state index in [1.54, 1.807) is 19.9 Å². The monoisotopic (exact) mass is 284 g/mol. The van der Waals surface area contributed by atoms with Gasteiger partial charge in [0.1, 0.15) is 5.82 Å². The van der Waals surface area contributed by atoms with E-state index in [4.69, 9.17) is 5.14 Å². The summed E-state index contributed by atoms with van der Waals surface area (Å²) < 4.78 is 37.9. The average molecular weight is 284 g/mol. The van der Waals surface area contributed by atoms with Crippen LogP contribution in [-0.2, 0) is 16.6 Å². The first-order valence-corrected chi connectivity index (χ1v) is 7.11. The second kappa shape index (κ2) is 4.71. The molecule has 0 saturated carbocycles. The standard InChI is InChI=1S/C11H13FN4O2S/c1-3-16-10(14-15-11(16)19(13,17)18)8-5-4-7(2)6-9(8)12/h4-6H,3H2,1-2H3,(H2,13,17,18). The number of aromatic nitrogens is 3. The molecular formula is C11H13FN4O2S. The highest BCUT2D eigenvalue weighted by atomic mass is 32.2. The van der Waals surface area contributed by atoms with Gasteiger partial charge >= 0.3 is 0 Å². The second-order valence-corrected chi connectivity index (χ2v) is 5.53. The minimum Gasteiger partial charge on any atom is -0.297 e. The molecule has 0 saturated heterocycles. The van der Waals surface area contributed by atoms with Gasteiger partial charge in [0.05, 0.1) is 5.56 Å². The number of rotatable bonds is 3. The summed E-state index contributed by atoms with van der Waals surface area (Å²) in [5, 5.41) is 11.9. The number of aryl methyl sites for hydroxylation is 1. The van der Waals surface area contributed by atoms with Crippen LogP contribution in [-0.4, -0.2) is 23.2 Å². The van der Waals surface area contributed by atoms with Crippen LogP contribution < -0.4 is 5.14 Å². The molecular weight excluding hydrogens is 271 g/mol. The van der Waals surface area contributed by atoms with Crippen LogP contribution in [0.25, 0.3) is 11.4 Å². The zero-order valence-corrected chi connectivity index (χ0v) is 11.3. The Hall–Kier alpha value is -1.80. The van der Waals surface area contributed by atoms with Crippen molar-refractivity contribution in [2.45, 2.75) is 25.5 Å². The van der Waals surface area contributed by atoms with E-state index in [-0.39, 0.29) is 23.1 Å². The van der Waals surface area contributed by atoms with Crippen LogP contribution in [0.15, 0.2) is 23.4 Å². The Balaban J connectivity index is 2.67. The third-order valence-electron chi connectivity index (χ3n) is 2.65. The van der Waals surface area contributed by atoms with Crippen LogP contribution in [0.4, 0.5) is 4.39 Å². The summed E-state index contributed by atoms with van der Waals surface area (Å²) in [6, 6.07) is 4.60. The maximum atomic E-state index is 13.9. The summed E-state index contributed by atoms with van der Waals surface area (Å²) in [7, 11) is -3.99. The molecule has 102 valence electrons. The fraction of sp³-hybridized carbons (Fsp3) is 0.273. The van der Waals surface area contributed by atoms with Gasteiger partial charge in [-0.25, -0.2) is 17.9 Å². The number of hydrogen-bond donors (Lipinski definition) is 1. The van der Waals surface area contributed by atoms with Gasteiger partial charge < -0.3 is 0 Å². The lowest BCUT2D eigenvalue weighted by Crippen LogP contribution is -2.18. The lowest BCUT2D eigenvalue weighted by Gasteiger charge is -2.07. The minimum absolute atomic E-state index is 0.143. The molecule has 0 aliphatic heterocycles. The van der Waals surface area contributed by atoms with Gasteiger partial charge in [-0.15, -0.1) is 10.2 Å². The Morgan fingerprint density at radius 3 is 2.58 bits per heavy atom. The van der Waals surface area contributed by atoms with Crippen LogP contribution in [0.3, 0.4) is 0 Å². The molecule has 2 rings (SSSR count). The SMILES string of the molecule is CCn1c(-c2ccc(C)cc2F)nnc1S(N)(=O)=O. The van der Waals surface area contributed by atoms with Gasteiger partial charge in [-0.3, -0.25) is 4.57 Å². The van der Waals surface area contributed by atoms with Crippen molar-refractivity contribution < 1.29 is 12.8 Å². The minimum atomic E-state index is -3.99. The van der Waals surface area contributed by atoms with Crippen LogP contribution >= 0.6 is 0 Å². The fourth-order valence-corrected chi connectivity index (χ4v) is 2.46. The van der Waals surface area contributed by atoms with E-state index < -0.39 is 15.8 Å². The number of primary sulfonamides is 1. The van der Waals surface area contributed by atoms with Gasteiger partial charge in [-0.05, 0) is 31.5 Å². The van der Waals surface area contributed by atoms with E-state index in [0.29, 0.717) is 0 Å². The molecule has 2 aromatic rings. The Bertz CT molecular complexity index is 724. The largest absolute Gasteiger partial charge is 0.297 e. The van der Waals surface area contributed by atoms with Crippen molar-refractivity contribution in [3.63, 3.8) is 0 Å². The fourth-order valence-electron chi connectivity index (χ4n) is 1.78. The number of halogens is 1. The summed E-state index contributed by atoms with van der Waals surface area (Å²) >= 11 is 0. The highest BCUT2D eigenvalue weighted by Crippen LogP contribution is 2.23. The van der Waals surface area contributed by atoms with Crippen molar-refractivity contribution in [3.05, 3.63) is 29.6 Å². The molecule has 1 aromatic carbocycles. The van der Waals surface area contributed by atoms with Crippen LogP contribution in [0.5, 0.6) is 0 Å². The molecule has 0 spiro atoms. The molecule has 1 heterocycles. The van der Waals surface area contributed by atoms with E-state index >= 15 is 0 Å². The van der Waals surface area contributed by atoms with Gasteiger partial charge in [-0.2, -0.15) is 0 Å². The summed E-state index contributed by atoms with van der Waals surface area (Å²) in [5.41, 5.74) is 0.949. The smallest absolute Gasteiger partial charge is 0.273 e. The molecule has 0 atom stereocenters. The van der Waals surface area contributed by atoms with Crippen molar-refractivity contribution in [3.8, 4) is 11.4 Å². The first kappa shape index (κ1) is 13.6. The van der Waals surface area contributed by atoms with Gasteiger partial charge in [-0.1, -0.05) is 6.07 Å². The predicted octanol–water partition coefficient (Wildman–Crippen LogP) is 1.06. The molecule has 8 heteroatoms. The van der Waals surface area contributed by atoms with E-state index in [1.807, 2.05) is 0 Å². The molecule has 0 aliphatic rings. The summed E-state index contributed by atoms with van der Waals surface area (Å²) in [4.78, 5) is 0. The predicted molar refractivity (Wildman–Crippen MR) is 67.2 cm³/mol. The molecule has 0 unspecified atom stereocenters. The lowest BCUT2D eigenvalue weighted by atomic mass is 10.1. The molecule has 19 heavy (non-hydrogen) atoms. The topological polar surface area (TPSA) is 90.9 Å². The van der Waals surface area contributed by atoms with E-state index in [0.717, 1.165) is 5.56 Å². The van der Waals surface area contributed by atoms with Crippen LogP contribution in [0, 0.1) is 12.7 Å². The molecule has 2 N–H and O–H groups in total. The van der Waals surface area contributed by atoms with E-state index in [1.165, 1.54) is 16.7 Å². The van der Waals surface area contributed by atoms with Crippen LogP contribution in [0.2, 0.25) is 0 Å². The number of benzene rings is 1. The number of nitrogens with zero attached hydrogens (tertiary/aromatic N) is 3. The van der Waals surface area contributed by atoms with Gasteiger partial charge in [0.15, 0.2) is 5.82 Å². The summed E-state index contributed by atoms with van der Waals surface area (Å²) in [5.74, 6) is -0.341. The van der Waals surface area contributed by atoms with Crippen molar-refractivity contribution in [2.24, 2.45) is 5.14 Å². The highest BCUT2D eigenvalue weighted by molar-refractivity contribution is 7.89. The third-order valence-corrected chi connectivity index (χ3v) is 3.46. The molecule has 0 fully saturated rings. The highest BCUT2D eigenvalue weighted by Gasteiger charge is 2.22. The lowest BCUT2D eigenvalue weighted by molar-refractivity contribution is 0.569. The molecule has 1 aromatic heterocycles. The Kier molecular flexibility index (Phi) is 3.38. The zero-order chi connectivity index (χ0) is 14.2. The van der Waals surface area contributed by atoms with Crippen molar-refractivity contribution in [1.29, 1.82) is 0 Å². The van der Waals surface area contributed by atoms with E-state index in [9.17, 15) is 12.8 Å². The van der Waals surface area contributed by atoms with Gasteiger partial charge in [0.25, 0.3) is 15.2 Å². The first-order valence-electron chi connectivity index (χ1n) is 5.57.